The molecule has 3 atom stereocenters. The number of rotatable bonds is 5. The number of alkyl halides is 1. The van der Waals surface area contributed by atoms with Crippen molar-refractivity contribution >= 4 is 23.4 Å². The van der Waals surface area contributed by atoms with E-state index in [0.717, 1.165) is 35.9 Å². The molecule has 34 heavy (non-hydrogen) atoms. The average Bonchev–Trinajstić information content (AvgIpc) is 3.29. The molecule has 1 saturated heterocycles. The lowest BCUT2D eigenvalue weighted by atomic mass is 9.75. The first-order chi connectivity index (χ1) is 16.3. The summed E-state index contributed by atoms with van der Waals surface area (Å²) in [5, 5.41) is 11.5. The van der Waals surface area contributed by atoms with Gasteiger partial charge < -0.3 is 14.6 Å². The van der Waals surface area contributed by atoms with E-state index in [1.807, 2.05) is 38.6 Å². The number of halogens is 1. The molecule has 1 aliphatic heterocycles. The van der Waals surface area contributed by atoms with Gasteiger partial charge >= 0.3 is 0 Å². The zero-order valence-corrected chi connectivity index (χ0v) is 21.0. The highest BCUT2D eigenvalue weighted by Crippen LogP contribution is 2.44. The second kappa shape index (κ2) is 10.4. The maximum absolute atomic E-state index is 14.3. The van der Waals surface area contributed by atoms with Gasteiger partial charge in [-0.25, -0.2) is 9.37 Å². The van der Waals surface area contributed by atoms with Crippen LogP contribution in [0.3, 0.4) is 0 Å². The highest BCUT2D eigenvalue weighted by molar-refractivity contribution is 7.99. The predicted octanol–water partition coefficient (Wildman–Crippen LogP) is 5.05. The minimum absolute atomic E-state index is 0.0889. The van der Waals surface area contributed by atoms with Crippen molar-refractivity contribution in [3.8, 4) is 17.4 Å². The van der Waals surface area contributed by atoms with Gasteiger partial charge in [-0.1, -0.05) is 20.8 Å². The molecule has 0 spiro atoms. The lowest BCUT2D eigenvalue weighted by Gasteiger charge is -2.31. The van der Waals surface area contributed by atoms with Crippen molar-refractivity contribution in [3.05, 3.63) is 35.9 Å². The number of anilines is 1. The van der Waals surface area contributed by atoms with Gasteiger partial charge in [-0.2, -0.15) is 17.0 Å². The Morgan fingerprint density at radius 3 is 2.62 bits per heavy atom. The van der Waals surface area contributed by atoms with Crippen LogP contribution in [0, 0.1) is 17.2 Å². The Morgan fingerprint density at radius 1 is 1.26 bits per heavy atom. The van der Waals surface area contributed by atoms with Crippen LogP contribution in [-0.2, 0) is 10.2 Å². The third-order valence-electron chi connectivity index (χ3n) is 6.62. The molecule has 1 aromatic heterocycles. The zero-order chi connectivity index (χ0) is 24.3. The maximum Gasteiger partial charge on any atom is 0.224 e. The maximum atomic E-state index is 14.3. The van der Waals surface area contributed by atoms with Crippen molar-refractivity contribution in [1.82, 2.24) is 10.3 Å². The normalized spacial score (nSPS) is 23.4. The minimum atomic E-state index is -1.03. The van der Waals surface area contributed by atoms with E-state index in [0.29, 0.717) is 24.5 Å². The fourth-order valence-corrected chi connectivity index (χ4v) is 5.65. The molecular formula is C26H33FN4O2S. The van der Waals surface area contributed by atoms with E-state index in [2.05, 4.69) is 34.5 Å². The highest BCUT2D eigenvalue weighted by atomic mass is 32.2. The molecule has 2 aromatic rings. The van der Waals surface area contributed by atoms with Crippen molar-refractivity contribution in [2.75, 3.05) is 36.0 Å². The first-order valence-corrected chi connectivity index (χ1v) is 13.2. The van der Waals surface area contributed by atoms with Crippen LogP contribution in [0.5, 0.6) is 0 Å². The summed E-state index contributed by atoms with van der Waals surface area (Å²) in [7, 11) is 0. The van der Waals surface area contributed by atoms with E-state index in [4.69, 9.17) is 14.7 Å². The topological polar surface area (TPSA) is 82.2 Å². The molecule has 182 valence electrons. The van der Waals surface area contributed by atoms with Gasteiger partial charge in [-0.05, 0) is 43.5 Å². The SMILES string of the molecule is CC(C)(C)c1nc([C@@H]2CC[C@H](F)C[C@H]2C(=O)NCC#N)c(-c2ccc(N3CCSCC3)cc2)o1. The molecule has 8 heteroatoms. The van der Waals surface area contributed by atoms with E-state index >= 15 is 0 Å². The third kappa shape index (κ3) is 5.41. The Morgan fingerprint density at radius 2 is 1.97 bits per heavy atom. The molecule has 0 unspecified atom stereocenters. The molecule has 1 saturated carbocycles. The molecule has 4 rings (SSSR count). The van der Waals surface area contributed by atoms with Gasteiger partial charge in [0.15, 0.2) is 5.76 Å². The van der Waals surface area contributed by atoms with Gasteiger partial charge in [0.25, 0.3) is 0 Å². The number of hydrogen-bond acceptors (Lipinski definition) is 6. The van der Waals surface area contributed by atoms with Crippen LogP contribution in [0.2, 0.25) is 0 Å². The number of oxazole rings is 1. The van der Waals surface area contributed by atoms with Crippen molar-refractivity contribution in [2.45, 2.75) is 57.5 Å². The first kappa shape index (κ1) is 24.6. The number of nitrogens with one attached hydrogen (secondary N) is 1. The van der Waals surface area contributed by atoms with Gasteiger partial charge in [0.1, 0.15) is 12.7 Å². The fourth-order valence-electron chi connectivity index (χ4n) is 4.75. The number of carbonyl (C=O) groups excluding carboxylic acids is 1. The molecule has 6 nitrogen and oxygen atoms in total. The Labute approximate surface area is 205 Å². The number of benzene rings is 1. The third-order valence-corrected chi connectivity index (χ3v) is 7.56. The number of thioether (sulfide) groups is 1. The molecule has 2 fully saturated rings. The average molecular weight is 485 g/mol. The molecule has 2 aliphatic rings. The summed E-state index contributed by atoms with van der Waals surface area (Å²) in [5.74, 6) is 2.39. The molecule has 0 radical (unpaired) electrons. The van der Waals surface area contributed by atoms with Crippen LogP contribution in [-0.4, -0.2) is 48.2 Å². The molecule has 1 amide bonds. The molecular weight excluding hydrogens is 451 g/mol. The largest absolute Gasteiger partial charge is 0.440 e. The Bertz CT molecular complexity index is 1030. The Hall–Kier alpha value is -2.53. The number of nitriles is 1. The summed E-state index contributed by atoms with van der Waals surface area (Å²) in [5.41, 5.74) is 2.50. The summed E-state index contributed by atoms with van der Waals surface area (Å²) < 4.78 is 20.7. The number of aromatic nitrogens is 1. The summed E-state index contributed by atoms with van der Waals surface area (Å²) in [6, 6.07) is 10.3. The monoisotopic (exact) mass is 484 g/mol. The summed E-state index contributed by atoms with van der Waals surface area (Å²) >= 11 is 1.98. The number of amides is 1. The summed E-state index contributed by atoms with van der Waals surface area (Å²) in [4.78, 5) is 20.1. The van der Waals surface area contributed by atoms with Gasteiger partial charge in [0.05, 0.1) is 11.8 Å². The lowest BCUT2D eigenvalue weighted by molar-refractivity contribution is -0.127. The Balaban J connectivity index is 1.70. The molecule has 1 aliphatic carbocycles. The quantitative estimate of drug-likeness (QED) is 0.598. The number of carbonyl (C=O) groups is 1. The van der Waals surface area contributed by atoms with Gasteiger partial charge in [0.2, 0.25) is 11.8 Å². The fraction of sp³-hybridized carbons (Fsp3) is 0.577. The van der Waals surface area contributed by atoms with E-state index in [1.165, 1.54) is 5.69 Å². The van der Waals surface area contributed by atoms with Crippen LogP contribution in [0.15, 0.2) is 28.7 Å². The van der Waals surface area contributed by atoms with E-state index in [9.17, 15) is 9.18 Å². The van der Waals surface area contributed by atoms with Crippen LogP contribution in [0.4, 0.5) is 10.1 Å². The zero-order valence-electron chi connectivity index (χ0n) is 20.1. The van der Waals surface area contributed by atoms with Crippen molar-refractivity contribution in [2.24, 2.45) is 5.92 Å². The number of hydrogen-bond donors (Lipinski definition) is 1. The van der Waals surface area contributed by atoms with Gasteiger partial charge in [-0.3, -0.25) is 4.79 Å². The summed E-state index contributed by atoms with van der Waals surface area (Å²) in [6.07, 6.45) is -0.00680. The van der Waals surface area contributed by atoms with Crippen molar-refractivity contribution in [3.63, 3.8) is 0 Å². The molecule has 1 aromatic carbocycles. The number of nitrogens with zero attached hydrogens (tertiary/aromatic N) is 3. The second-order valence-corrected chi connectivity index (χ2v) is 11.4. The molecule has 0 bridgehead atoms. The molecule has 1 N–H and O–H groups in total. The molecule has 2 heterocycles. The van der Waals surface area contributed by atoms with Crippen LogP contribution >= 0.6 is 11.8 Å². The predicted molar refractivity (Wildman–Crippen MR) is 134 cm³/mol. The lowest BCUT2D eigenvalue weighted by Crippen LogP contribution is -2.38. The minimum Gasteiger partial charge on any atom is -0.440 e. The highest BCUT2D eigenvalue weighted by Gasteiger charge is 2.40. The van der Waals surface area contributed by atoms with Gasteiger partial charge in [0, 0.05) is 53.1 Å². The standard InChI is InChI=1S/C26H33FN4O2S/c1-26(2,3)25-30-22(20-9-6-18(27)16-21(20)24(32)29-11-10-28)23(33-25)17-4-7-19(8-5-17)31-12-14-34-15-13-31/h4-5,7-8,18,20-21H,6,9,11-16H2,1-3H3,(H,29,32)/t18-,20+,21+/m0/s1. The summed E-state index contributed by atoms with van der Waals surface area (Å²) in [6.45, 7) is 8.11. The smallest absolute Gasteiger partial charge is 0.224 e. The second-order valence-electron chi connectivity index (χ2n) is 10.1. The van der Waals surface area contributed by atoms with Gasteiger partial charge in [-0.15, -0.1) is 0 Å². The van der Waals surface area contributed by atoms with E-state index in [1.54, 1.807) is 0 Å². The van der Waals surface area contributed by atoms with E-state index in [-0.39, 0.29) is 30.2 Å². The van der Waals surface area contributed by atoms with Crippen LogP contribution in [0.1, 0.15) is 57.5 Å². The van der Waals surface area contributed by atoms with Crippen LogP contribution < -0.4 is 10.2 Å². The van der Waals surface area contributed by atoms with E-state index < -0.39 is 12.1 Å². The van der Waals surface area contributed by atoms with Crippen molar-refractivity contribution < 1.29 is 13.6 Å². The van der Waals surface area contributed by atoms with Crippen LogP contribution in [0.25, 0.3) is 11.3 Å². The Kier molecular flexibility index (Phi) is 7.51. The first-order valence-electron chi connectivity index (χ1n) is 12.0. The van der Waals surface area contributed by atoms with Crippen molar-refractivity contribution in [1.29, 1.82) is 5.26 Å².